The molecule has 1 aromatic carbocycles. The molecule has 0 fully saturated rings. The Kier molecular flexibility index (Phi) is 4.78. The van der Waals surface area contributed by atoms with Crippen LogP contribution in [0.15, 0.2) is 30.6 Å². The van der Waals surface area contributed by atoms with Gasteiger partial charge in [0.25, 0.3) is 5.91 Å². The maximum Gasteiger partial charge on any atom is 0.271 e. The highest BCUT2D eigenvalue weighted by atomic mass is 35.5. The standard InChI is InChI=1S/C13H15ClN6O/c1-2-16-11-10(15)12(18-7-17-11)19-20-13(21)8-5-3-4-6-9(8)14/h3-7H,2,15H2,1H3,(H,20,21)(H2,16,17,18,19). The third-order valence-electron chi connectivity index (χ3n) is 2.64. The third-order valence-corrected chi connectivity index (χ3v) is 2.97. The van der Waals surface area contributed by atoms with E-state index in [1.807, 2.05) is 6.92 Å². The van der Waals surface area contributed by atoms with E-state index >= 15 is 0 Å². The summed E-state index contributed by atoms with van der Waals surface area (Å²) in [5.41, 5.74) is 11.7. The minimum atomic E-state index is -0.386. The van der Waals surface area contributed by atoms with E-state index in [4.69, 9.17) is 17.3 Å². The van der Waals surface area contributed by atoms with Gasteiger partial charge in [0, 0.05) is 6.54 Å². The number of hydrogen-bond donors (Lipinski definition) is 4. The fourth-order valence-electron chi connectivity index (χ4n) is 1.63. The predicted molar refractivity (Wildman–Crippen MR) is 83.1 cm³/mol. The van der Waals surface area contributed by atoms with Crippen molar-refractivity contribution >= 4 is 34.8 Å². The van der Waals surface area contributed by atoms with Crippen LogP contribution in [0.25, 0.3) is 0 Å². The summed E-state index contributed by atoms with van der Waals surface area (Å²) in [6.07, 6.45) is 1.35. The molecule has 0 aliphatic heterocycles. The molecule has 0 saturated carbocycles. The average molecular weight is 307 g/mol. The maximum absolute atomic E-state index is 12.0. The van der Waals surface area contributed by atoms with Crippen LogP contribution in [0.2, 0.25) is 5.02 Å². The van der Waals surface area contributed by atoms with Crippen molar-refractivity contribution in [3.63, 3.8) is 0 Å². The van der Waals surface area contributed by atoms with Gasteiger partial charge in [-0.3, -0.25) is 15.6 Å². The summed E-state index contributed by atoms with van der Waals surface area (Å²) in [6.45, 7) is 2.60. The lowest BCUT2D eigenvalue weighted by molar-refractivity contribution is 0.0962. The first-order valence-corrected chi connectivity index (χ1v) is 6.66. The summed E-state index contributed by atoms with van der Waals surface area (Å²) in [5.74, 6) is 0.423. The number of amides is 1. The van der Waals surface area contributed by atoms with E-state index in [1.165, 1.54) is 6.33 Å². The van der Waals surface area contributed by atoms with Crippen molar-refractivity contribution in [2.45, 2.75) is 6.92 Å². The molecule has 7 nitrogen and oxygen atoms in total. The van der Waals surface area contributed by atoms with Crippen LogP contribution in [0.1, 0.15) is 17.3 Å². The van der Waals surface area contributed by atoms with Crippen molar-refractivity contribution in [1.82, 2.24) is 15.4 Å². The van der Waals surface area contributed by atoms with Gasteiger partial charge in [0.2, 0.25) is 0 Å². The van der Waals surface area contributed by atoms with Gasteiger partial charge in [-0.1, -0.05) is 23.7 Å². The third kappa shape index (κ3) is 3.51. The number of aromatic nitrogens is 2. The molecule has 1 aromatic heterocycles. The van der Waals surface area contributed by atoms with Gasteiger partial charge in [-0.25, -0.2) is 9.97 Å². The molecule has 0 radical (unpaired) electrons. The first kappa shape index (κ1) is 14.9. The fourth-order valence-corrected chi connectivity index (χ4v) is 1.85. The largest absolute Gasteiger partial charge is 0.393 e. The molecule has 1 amide bonds. The van der Waals surface area contributed by atoms with Crippen molar-refractivity contribution < 1.29 is 4.79 Å². The minimum Gasteiger partial charge on any atom is -0.393 e. The number of hydrazine groups is 1. The molecule has 0 unspecified atom stereocenters. The second-order valence-corrected chi connectivity index (χ2v) is 4.48. The van der Waals surface area contributed by atoms with E-state index in [1.54, 1.807) is 24.3 Å². The van der Waals surface area contributed by atoms with Crippen LogP contribution in [0.5, 0.6) is 0 Å². The lowest BCUT2D eigenvalue weighted by atomic mass is 10.2. The Morgan fingerprint density at radius 3 is 2.71 bits per heavy atom. The normalized spacial score (nSPS) is 10.0. The van der Waals surface area contributed by atoms with Gasteiger partial charge >= 0.3 is 0 Å². The summed E-state index contributed by atoms with van der Waals surface area (Å²) in [5, 5.41) is 3.36. The Bertz CT molecular complexity index is 648. The molecule has 110 valence electrons. The molecular weight excluding hydrogens is 292 g/mol. The number of anilines is 3. The van der Waals surface area contributed by atoms with Crippen molar-refractivity contribution in [3.8, 4) is 0 Å². The number of nitrogens with zero attached hydrogens (tertiary/aromatic N) is 2. The Hall–Kier alpha value is -2.54. The van der Waals surface area contributed by atoms with E-state index in [-0.39, 0.29) is 5.91 Å². The molecule has 21 heavy (non-hydrogen) atoms. The van der Waals surface area contributed by atoms with Gasteiger partial charge < -0.3 is 11.1 Å². The highest BCUT2D eigenvalue weighted by Crippen LogP contribution is 2.21. The molecule has 8 heteroatoms. The fraction of sp³-hybridized carbons (Fsp3) is 0.154. The first-order valence-electron chi connectivity index (χ1n) is 6.28. The number of carbonyl (C=O) groups is 1. The van der Waals surface area contributed by atoms with Gasteiger partial charge in [-0.2, -0.15) is 0 Å². The van der Waals surface area contributed by atoms with E-state index in [0.29, 0.717) is 34.5 Å². The van der Waals surface area contributed by atoms with E-state index in [2.05, 4.69) is 26.1 Å². The second kappa shape index (κ2) is 6.76. The van der Waals surface area contributed by atoms with Gasteiger partial charge in [0.05, 0.1) is 10.6 Å². The number of nitrogens with two attached hydrogens (primary N) is 1. The summed E-state index contributed by atoms with van der Waals surface area (Å²) >= 11 is 5.95. The van der Waals surface area contributed by atoms with Gasteiger partial charge in [-0.15, -0.1) is 0 Å². The van der Waals surface area contributed by atoms with Crippen LogP contribution in [0.4, 0.5) is 17.3 Å². The Labute approximate surface area is 126 Å². The Balaban J connectivity index is 2.08. The summed E-state index contributed by atoms with van der Waals surface area (Å²) in [6, 6.07) is 6.73. The van der Waals surface area contributed by atoms with Crippen LogP contribution >= 0.6 is 11.6 Å². The molecule has 0 aliphatic rings. The molecule has 0 aliphatic carbocycles. The molecule has 1 heterocycles. The molecule has 0 saturated heterocycles. The van der Waals surface area contributed by atoms with Crippen molar-refractivity contribution in [3.05, 3.63) is 41.2 Å². The highest BCUT2D eigenvalue weighted by Gasteiger charge is 2.11. The number of halogens is 1. The van der Waals surface area contributed by atoms with Crippen LogP contribution in [0.3, 0.4) is 0 Å². The molecule has 5 N–H and O–H groups in total. The zero-order valence-electron chi connectivity index (χ0n) is 11.4. The van der Waals surface area contributed by atoms with Gasteiger partial charge in [-0.05, 0) is 19.1 Å². The number of benzene rings is 1. The van der Waals surface area contributed by atoms with E-state index < -0.39 is 0 Å². The number of carbonyl (C=O) groups excluding carboxylic acids is 1. The van der Waals surface area contributed by atoms with Crippen LogP contribution in [0, 0.1) is 0 Å². The quantitative estimate of drug-likeness (QED) is 0.629. The smallest absolute Gasteiger partial charge is 0.271 e. The number of hydrogen-bond acceptors (Lipinski definition) is 6. The topological polar surface area (TPSA) is 105 Å². The van der Waals surface area contributed by atoms with Crippen LogP contribution < -0.4 is 21.9 Å². The molecule has 0 spiro atoms. The lowest BCUT2D eigenvalue weighted by Crippen LogP contribution is -2.30. The van der Waals surface area contributed by atoms with E-state index in [0.717, 1.165) is 0 Å². The molecule has 2 rings (SSSR count). The SMILES string of the molecule is CCNc1ncnc(NNC(=O)c2ccccc2Cl)c1N. The summed E-state index contributed by atoms with van der Waals surface area (Å²) < 4.78 is 0. The number of nitrogens with one attached hydrogen (secondary N) is 3. The zero-order chi connectivity index (χ0) is 15.2. The number of nitrogen functional groups attached to an aromatic ring is 1. The van der Waals surface area contributed by atoms with Gasteiger partial charge in [0.15, 0.2) is 11.6 Å². The second-order valence-electron chi connectivity index (χ2n) is 4.07. The summed E-state index contributed by atoms with van der Waals surface area (Å²) in [4.78, 5) is 20.0. The Morgan fingerprint density at radius 1 is 1.29 bits per heavy atom. The van der Waals surface area contributed by atoms with Crippen molar-refractivity contribution in [1.29, 1.82) is 0 Å². The molecule has 0 atom stereocenters. The predicted octanol–water partition coefficient (Wildman–Crippen LogP) is 1.90. The molecule has 0 bridgehead atoms. The van der Waals surface area contributed by atoms with Crippen molar-refractivity contribution in [2.75, 3.05) is 23.0 Å². The zero-order valence-corrected chi connectivity index (χ0v) is 12.1. The monoisotopic (exact) mass is 306 g/mol. The highest BCUT2D eigenvalue weighted by molar-refractivity contribution is 6.33. The summed E-state index contributed by atoms with van der Waals surface area (Å²) in [7, 11) is 0. The average Bonchev–Trinajstić information content (AvgIpc) is 2.48. The maximum atomic E-state index is 12.0. The van der Waals surface area contributed by atoms with Gasteiger partial charge in [0.1, 0.15) is 12.0 Å². The minimum absolute atomic E-state index is 0.307. The molecule has 2 aromatic rings. The lowest BCUT2D eigenvalue weighted by Gasteiger charge is -2.12. The van der Waals surface area contributed by atoms with Crippen LogP contribution in [-0.2, 0) is 0 Å². The Morgan fingerprint density at radius 2 is 2.00 bits per heavy atom. The van der Waals surface area contributed by atoms with Crippen LogP contribution in [-0.4, -0.2) is 22.4 Å². The van der Waals surface area contributed by atoms with E-state index in [9.17, 15) is 4.79 Å². The number of rotatable bonds is 5. The van der Waals surface area contributed by atoms with Crippen molar-refractivity contribution in [2.24, 2.45) is 0 Å². The first-order chi connectivity index (χ1) is 10.1. The molecular formula is C13H15ClN6O.